The molecule has 4 atom stereocenters. The van der Waals surface area contributed by atoms with Gasteiger partial charge in [0, 0.05) is 0 Å². The molecule has 0 bridgehead atoms. The normalized spacial score (nSPS) is 41.3. The van der Waals surface area contributed by atoms with Gasteiger partial charge < -0.3 is 32.9 Å². The molecule has 6 aliphatic rings. The molecule has 306 valence electrons. The first-order valence-corrected chi connectivity index (χ1v) is 20.4. The Hall–Kier alpha value is -0.380. The predicted molar refractivity (Wildman–Crippen MR) is 209 cm³/mol. The summed E-state index contributed by atoms with van der Waals surface area (Å²) >= 11 is 0. The van der Waals surface area contributed by atoms with E-state index in [2.05, 4.69) is 34.6 Å². The third-order valence-electron chi connectivity index (χ3n) is 14.5. The van der Waals surface area contributed by atoms with Crippen molar-refractivity contribution in [1.82, 2.24) is 0 Å². The highest BCUT2D eigenvalue weighted by Gasteiger charge is 2.42. The first-order valence-electron chi connectivity index (χ1n) is 20.4. The van der Waals surface area contributed by atoms with Crippen molar-refractivity contribution in [3.05, 3.63) is 0 Å². The van der Waals surface area contributed by atoms with Crippen molar-refractivity contribution >= 4 is 0 Å². The van der Waals surface area contributed by atoms with Gasteiger partial charge in [-0.3, -0.25) is 0 Å². The lowest BCUT2D eigenvalue weighted by Crippen LogP contribution is -2.41. The molecule has 6 nitrogen and oxygen atoms in total. The highest BCUT2D eigenvalue weighted by Crippen LogP contribution is 2.44. The van der Waals surface area contributed by atoms with Crippen LogP contribution >= 0.6 is 0 Å². The molecule has 0 amide bonds. The molecule has 6 saturated carbocycles. The molecule has 0 aromatic rings. The Morgan fingerprint density at radius 1 is 0.260 bits per heavy atom. The van der Waals surface area contributed by atoms with Crippen LogP contribution in [0.4, 0.5) is 8.78 Å². The monoisotopic (exact) mass is 727 g/mol. The van der Waals surface area contributed by atoms with Gasteiger partial charge in [-0.25, -0.2) is 8.78 Å². The maximum Gasteiger partial charge on any atom is 0.134 e. The third kappa shape index (κ3) is 16.7. The SMILES string of the molecule is CC1CCC(C2CCC(C)C(F)C2F)CC1.CC1CCC(C2CCC(C)CC2)CC1.CC1CCC(C2CCC(C)CC2)CC1.O.O.O.O.O.O. The summed E-state index contributed by atoms with van der Waals surface area (Å²) in [7, 11) is 0. The molecule has 6 fully saturated rings. The summed E-state index contributed by atoms with van der Waals surface area (Å²) in [4.78, 5) is 0. The van der Waals surface area contributed by atoms with Crippen LogP contribution in [0.1, 0.15) is 183 Å². The summed E-state index contributed by atoms with van der Waals surface area (Å²) in [5.41, 5.74) is 0. The van der Waals surface area contributed by atoms with E-state index in [1.54, 1.807) is 51.4 Å². The molecule has 0 heterocycles. The van der Waals surface area contributed by atoms with E-state index >= 15 is 0 Å². The summed E-state index contributed by atoms with van der Waals surface area (Å²) in [5.74, 6) is 9.71. The zero-order valence-corrected chi connectivity index (χ0v) is 33.4. The van der Waals surface area contributed by atoms with Gasteiger partial charge in [0.2, 0.25) is 0 Å². The molecule has 6 aliphatic carbocycles. The lowest BCUT2D eigenvalue weighted by molar-refractivity contribution is -0.00577. The van der Waals surface area contributed by atoms with E-state index in [1.165, 1.54) is 64.2 Å². The van der Waals surface area contributed by atoms with E-state index < -0.39 is 12.3 Å². The second-order valence-corrected chi connectivity index (χ2v) is 18.2. The minimum atomic E-state index is -1.21. The summed E-state index contributed by atoms with van der Waals surface area (Å²) < 4.78 is 27.7. The van der Waals surface area contributed by atoms with E-state index in [1.807, 2.05) is 6.92 Å². The topological polar surface area (TPSA) is 189 Å². The van der Waals surface area contributed by atoms with E-state index in [0.29, 0.717) is 5.92 Å². The Morgan fingerprint density at radius 3 is 0.720 bits per heavy atom. The largest absolute Gasteiger partial charge is 0.412 e. The van der Waals surface area contributed by atoms with E-state index in [-0.39, 0.29) is 44.7 Å². The molecule has 0 aromatic heterocycles. The van der Waals surface area contributed by atoms with E-state index in [0.717, 1.165) is 78.9 Å². The highest BCUT2D eigenvalue weighted by molar-refractivity contribution is 4.91. The van der Waals surface area contributed by atoms with Crippen LogP contribution in [0.25, 0.3) is 0 Å². The van der Waals surface area contributed by atoms with Crippen molar-refractivity contribution in [3.8, 4) is 0 Å². The summed E-state index contributed by atoms with van der Waals surface area (Å²) in [6, 6.07) is 0. The van der Waals surface area contributed by atoms with E-state index in [9.17, 15) is 8.78 Å². The molecule has 12 N–H and O–H groups in total. The van der Waals surface area contributed by atoms with Crippen molar-refractivity contribution in [2.75, 3.05) is 0 Å². The molecular formula is C42H88F2O6. The van der Waals surface area contributed by atoms with Gasteiger partial charge in [-0.1, -0.05) is 106 Å². The standard InChI is InChI=1S/C14H24F2.2C14H26.6H2O/c1-9-3-6-11(7-4-9)12-8-5-10(2)13(15)14(12)16;2*1-11-3-7-13(8-4-11)14-9-5-12(2)6-10-14;;;;;;/h9-14H,3-8H2,1-2H3;2*11-14H,3-10H2,1-2H3;6*1H2. The quantitative estimate of drug-likeness (QED) is 0.269. The fourth-order valence-electron chi connectivity index (χ4n) is 10.6. The van der Waals surface area contributed by atoms with E-state index in [4.69, 9.17) is 0 Å². The second-order valence-electron chi connectivity index (χ2n) is 18.2. The van der Waals surface area contributed by atoms with Gasteiger partial charge in [0.25, 0.3) is 0 Å². The Morgan fingerprint density at radius 2 is 0.480 bits per heavy atom. The molecule has 8 heteroatoms. The van der Waals surface area contributed by atoms with Gasteiger partial charge in [0.15, 0.2) is 0 Å². The number of alkyl halides is 2. The number of rotatable bonds is 3. The third-order valence-corrected chi connectivity index (χ3v) is 14.5. The molecule has 50 heavy (non-hydrogen) atoms. The van der Waals surface area contributed by atoms with Crippen LogP contribution in [0.5, 0.6) is 0 Å². The fourth-order valence-corrected chi connectivity index (χ4v) is 10.6. The molecule has 0 aliphatic heterocycles. The van der Waals surface area contributed by atoms with Gasteiger partial charge in [-0.15, -0.1) is 0 Å². The zero-order valence-electron chi connectivity index (χ0n) is 33.4. The van der Waals surface area contributed by atoms with Crippen molar-refractivity contribution in [1.29, 1.82) is 0 Å². The van der Waals surface area contributed by atoms with Crippen molar-refractivity contribution in [3.63, 3.8) is 0 Å². The average Bonchev–Trinajstić information content (AvgIpc) is 3.03. The summed E-state index contributed by atoms with van der Waals surface area (Å²) in [6.07, 6.45) is 28.4. The van der Waals surface area contributed by atoms with Crippen LogP contribution in [0.3, 0.4) is 0 Å². The van der Waals surface area contributed by atoms with Crippen molar-refractivity contribution in [2.45, 2.75) is 195 Å². The fraction of sp³-hybridized carbons (Fsp3) is 1.00. The van der Waals surface area contributed by atoms with Gasteiger partial charge >= 0.3 is 0 Å². The van der Waals surface area contributed by atoms with Crippen LogP contribution in [-0.2, 0) is 0 Å². The van der Waals surface area contributed by atoms with Gasteiger partial charge in [0.05, 0.1) is 0 Å². The number of hydrogen-bond donors (Lipinski definition) is 0. The Kier molecular flexibility index (Phi) is 29.4. The predicted octanol–water partition coefficient (Wildman–Crippen LogP) is 8.86. The summed E-state index contributed by atoms with van der Waals surface area (Å²) in [6.45, 7) is 13.8. The van der Waals surface area contributed by atoms with Crippen LogP contribution in [0.2, 0.25) is 0 Å². The molecule has 4 unspecified atom stereocenters. The minimum Gasteiger partial charge on any atom is -0.412 e. The maximum absolute atomic E-state index is 14.0. The summed E-state index contributed by atoms with van der Waals surface area (Å²) in [5, 5.41) is 0. The molecular weight excluding hydrogens is 638 g/mol. The average molecular weight is 727 g/mol. The molecule has 0 spiro atoms. The van der Waals surface area contributed by atoms with Crippen LogP contribution in [0.15, 0.2) is 0 Å². The number of halogens is 2. The lowest BCUT2D eigenvalue weighted by atomic mass is 9.68. The van der Waals surface area contributed by atoms with Crippen molar-refractivity contribution in [2.24, 2.45) is 71.0 Å². The Bertz CT molecular complexity index is 686. The Labute approximate surface area is 307 Å². The van der Waals surface area contributed by atoms with Crippen molar-refractivity contribution < 1.29 is 41.6 Å². The number of hydrogen-bond acceptors (Lipinski definition) is 0. The highest BCUT2D eigenvalue weighted by atomic mass is 19.2. The lowest BCUT2D eigenvalue weighted by Gasteiger charge is -2.40. The van der Waals surface area contributed by atoms with Crippen LogP contribution in [0, 0.1) is 71.0 Å². The minimum absolute atomic E-state index is 0. The van der Waals surface area contributed by atoms with Gasteiger partial charge in [0.1, 0.15) is 12.3 Å². The maximum atomic E-state index is 14.0. The molecule has 0 saturated heterocycles. The molecule has 0 radical (unpaired) electrons. The zero-order chi connectivity index (χ0) is 31.6. The first kappa shape index (κ1) is 54.0. The van der Waals surface area contributed by atoms with Gasteiger partial charge in [-0.2, -0.15) is 0 Å². The smallest absolute Gasteiger partial charge is 0.134 e. The van der Waals surface area contributed by atoms with Crippen LogP contribution in [-0.4, -0.2) is 45.2 Å². The first-order chi connectivity index (χ1) is 21.1. The van der Waals surface area contributed by atoms with Crippen LogP contribution < -0.4 is 0 Å². The molecule has 0 aromatic carbocycles. The second kappa shape index (κ2) is 27.2. The Balaban J connectivity index is -0.000000627. The molecule has 6 rings (SSSR count). The van der Waals surface area contributed by atoms with Gasteiger partial charge in [-0.05, 0) is 148 Å².